The van der Waals surface area contributed by atoms with E-state index in [1.54, 1.807) is 0 Å². The van der Waals surface area contributed by atoms with Crippen molar-refractivity contribution in [3.8, 4) is 0 Å². The standard InChI is InChI=1S/C11H11FN2O4/c12-7-3-1-2-6(4-7)10(16)14-8(11(17)18)5-9(13)15/h1-4,8H,5H2,(H2,13,15)(H,14,16)(H,17,18)/t8-/m0/s1. The number of carboxylic acids is 1. The van der Waals surface area contributed by atoms with Gasteiger partial charge in [0.15, 0.2) is 0 Å². The van der Waals surface area contributed by atoms with Crippen LogP contribution in [0.5, 0.6) is 0 Å². The van der Waals surface area contributed by atoms with Crippen LogP contribution in [0.25, 0.3) is 0 Å². The number of carboxylic acid groups (broad SMARTS) is 1. The van der Waals surface area contributed by atoms with Crippen LogP contribution in [0.2, 0.25) is 0 Å². The van der Waals surface area contributed by atoms with E-state index in [0.29, 0.717) is 0 Å². The van der Waals surface area contributed by atoms with E-state index in [1.807, 2.05) is 0 Å². The summed E-state index contributed by atoms with van der Waals surface area (Å²) in [7, 11) is 0. The van der Waals surface area contributed by atoms with E-state index in [9.17, 15) is 18.8 Å². The van der Waals surface area contributed by atoms with Crippen LogP contribution in [0.3, 0.4) is 0 Å². The monoisotopic (exact) mass is 254 g/mol. The van der Waals surface area contributed by atoms with E-state index in [2.05, 4.69) is 5.32 Å². The molecule has 0 aliphatic carbocycles. The number of nitrogens with one attached hydrogen (secondary N) is 1. The van der Waals surface area contributed by atoms with Crippen LogP contribution in [0.1, 0.15) is 16.8 Å². The molecule has 0 aliphatic heterocycles. The Kier molecular flexibility index (Phi) is 4.36. The summed E-state index contributed by atoms with van der Waals surface area (Å²) in [5, 5.41) is 10.9. The van der Waals surface area contributed by atoms with E-state index in [4.69, 9.17) is 10.8 Å². The summed E-state index contributed by atoms with van der Waals surface area (Å²) in [6, 6.07) is 3.31. The summed E-state index contributed by atoms with van der Waals surface area (Å²) in [6.07, 6.45) is -0.531. The Balaban J connectivity index is 2.78. The Morgan fingerprint density at radius 2 is 2.06 bits per heavy atom. The summed E-state index contributed by atoms with van der Waals surface area (Å²) in [5.74, 6) is -3.66. The molecule has 1 aromatic carbocycles. The summed E-state index contributed by atoms with van der Waals surface area (Å²) in [5.41, 5.74) is 4.82. The molecule has 0 aromatic heterocycles. The van der Waals surface area contributed by atoms with Gasteiger partial charge in [-0.25, -0.2) is 9.18 Å². The van der Waals surface area contributed by atoms with Crippen molar-refractivity contribution in [3.05, 3.63) is 35.6 Å². The lowest BCUT2D eigenvalue weighted by Gasteiger charge is -2.12. The Morgan fingerprint density at radius 1 is 1.39 bits per heavy atom. The van der Waals surface area contributed by atoms with Crippen molar-refractivity contribution in [2.24, 2.45) is 5.73 Å². The average molecular weight is 254 g/mol. The number of carbonyl (C=O) groups is 3. The van der Waals surface area contributed by atoms with Gasteiger partial charge in [-0.1, -0.05) is 6.07 Å². The highest BCUT2D eigenvalue weighted by molar-refractivity contribution is 5.97. The molecule has 0 spiro atoms. The van der Waals surface area contributed by atoms with Crippen LogP contribution in [0.15, 0.2) is 24.3 Å². The number of primary amides is 1. The van der Waals surface area contributed by atoms with Gasteiger partial charge in [0.1, 0.15) is 11.9 Å². The van der Waals surface area contributed by atoms with Gasteiger partial charge in [-0.15, -0.1) is 0 Å². The molecule has 7 heteroatoms. The molecule has 4 N–H and O–H groups in total. The summed E-state index contributed by atoms with van der Waals surface area (Å²) >= 11 is 0. The molecule has 96 valence electrons. The molecule has 0 saturated carbocycles. The minimum absolute atomic E-state index is 0.0364. The van der Waals surface area contributed by atoms with E-state index >= 15 is 0 Å². The fourth-order valence-corrected chi connectivity index (χ4v) is 1.27. The van der Waals surface area contributed by atoms with E-state index in [-0.39, 0.29) is 5.56 Å². The zero-order chi connectivity index (χ0) is 13.7. The molecular formula is C11H11FN2O4. The molecule has 0 saturated heterocycles. The molecule has 0 fully saturated rings. The molecule has 0 radical (unpaired) electrons. The third kappa shape index (κ3) is 3.85. The lowest BCUT2D eigenvalue weighted by Crippen LogP contribution is -2.43. The van der Waals surface area contributed by atoms with Gasteiger partial charge in [0.05, 0.1) is 6.42 Å². The van der Waals surface area contributed by atoms with Crippen molar-refractivity contribution in [2.75, 3.05) is 0 Å². The number of benzene rings is 1. The smallest absolute Gasteiger partial charge is 0.326 e. The van der Waals surface area contributed by atoms with Gasteiger partial charge >= 0.3 is 5.97 Å². The maximum absolute atomic E-state index is 12.9. The first kappa shape index (κ1) is 13.6. The van der Waals surface area contributed by atoms with Gasteiger partial charge in [0.2, 0.25) is 5.91 Å². The van der Waals surface area contributed by atoms with Crippen molar-refractivity contribution in [1.82, 2.24) is 5.32 Å². The molecule has 0 aliphatic rings. The topological polar surface area (TPSA) is 109 Å². The molecule has 0 heterocycles. The largest absolute Gasteiger partial charge is 0.480 e. The zero-order valence-electron chi connectivity index (χ0n) is 9.22. The third-order valence-electron chi connectivity index (χ3n) is 2.10. The van der Waals surface area contributed by atoms with Crippen molar-refractivity contribution in [1.29, 1.82) is 0 Å². The van der Waals surface area contributed by atoms with E-state index in [1.165, 1.54) is 12.1 Å². The van der Waals surface area contributed by atoms with Crippen molar-refractivity contribution < 1.29 is 23.9 Å². The summed E-state index contributed by atoms with van der Waals surface area (Å²) < 4.78 is 12.9. The van der Waals surface area contributed by atoms with Gasteiger partial charge in [-0.2, -0.15) is 0 Å². The average Bonchev–Trinajstić information content (AvgIpc) is 2.27. The third-order valence-corrected chi connectivity index (χ3v) is 2.10. The van der Waals surface area contributed by atoms with Gasteiger partial charge in [0, 0.05) is 5.56 Å². The Labute approximate surface area is 102 Å². The second-order valence-electron chi connectivity index (χ2n) is 3.55. The normalized spacial score (nSPS) is 11.6. The fraction of sp³-hybridized carbons (Fsp3) is 0.182. The molecule has 1 rings (SSSR count). The number of rotatable bonds is 5. The number of hydrogen-bond acceptors (Lipinski definition) is 3. The predicted molar refractivity (Wildman–Crippen MR) is 59.1 cm³/mol. The molecule has 0 unspecified atom stereocenters. The van der Waals surface area contributed by atoms with Gasteiger partial charge in [-0.05, 0) is 18.2 Å². The number of amides is 2. The van der Waals surface area contributed by atoms with E-state index < -0.39 is 36.1 Å². The van der Waals surface area contributed by atoms with Crippen LogP contribution >= 0.6 is 0 Å². The van der Waals surface area contributed by atoms with E-state index in [0.717, 1.165) is 12.1 Å². The lowest BCUT2D eigenvalue weighted by atomic mass is 10.1. The van der Waals surface area contributed by atoms with Crippen LogP contribution < -0.4 is 11.1 Å². The maximum Gasteiger partial charge on any atom is 0.326 e. The van der Waals surface area contributed by atoms with Gasteiger partial charge in [0.25, 0.3) is 5.91 Å². The van der Waals surface area contributed by atoms with Crippen LogP contribution in [-0.2, 0) is 9.59 Å². The van der Waals surface area contributed by atoms with Crippen molar-refractivity contribution in [3.63, 3.8) is 0 Å². The van der Waals surface area contributed by atoms with Crippen LogP contribution in [-0.4, -0.2) is 28.9 Å². The Morgan fingerprint density at radius 3 is 2.56 bits per heavy atom. The van der Waals surface area contributed by atoms with Crippen molar-refractivity contribution >= 4 is 17.8 Å². The molecule has 18 heavy (non-hydrogen) atoms. The van der Waals surface area contributed by atoms with Crippen LogP contribution in [0, 0.1) is 5.82 Å². The SMILES string of the molecule is NC(=O)C[C@H](NC(=O)c1cccc(F)c1)C(=O)O. The number of carbonyl (C=O) groups excluding carboxylic acids is 2. The quantitative estimate of drug-likeness (QED) is 0.680. The molecular weight excluding hydrogens is 243 g/mol. The lowest BCUT2D eigenvalue weighted by molar-refractivity contribution is -0.140. The molecule has 1 atom stereocenters. The predicted octanol–water partition coefficient (Wildman–Crippen LogP) is -0.116. The zero-order valence-corrected chi connectivity index (χ0v) is 9.22. The van der Waals surface area contributed by atoms with Gasteiger partial charge in [-0.3, -0.25) is 9.59 Å². The first-order valence-corrected chi connectivity index (χ1v) is 4.97. The summed E-state index contributed by atoms with van der Waals surface area (Å²) in [4.78, 5) is 33.0. The molecule has 1 aromatic rings. The first-order chi connectivity index (χ1) is 8.40. The highest BCUT2D eigenvalue weighted by atomic mass is 19.1. The second-order valence-corrected chi connectivity index (χ2v) is 3.55. The summed E-state index contributed by atoms with van der Waals surface area (Å²) in [6.45, 7) is 0. The number of aliphatic carboxylic acids is 1. The molecule has 0 bridgehead atoms. The molecule has 6 nitrogen and oxygen atoms in total. The second kappa shape index (κ2) is 5.76. The minimum atomic E-state index is -1.43. The highest BCUT2D eigenvalue weighted by Gasteiger charge is 2.22. The first-order valence-electron chi connectivity index (χ1n) is 4.97. The Hall–Kier alpha value is -2.44. The van der Waals surface area contributed by atoms with Crippen molar-refractivity contribution in [2.45, 2.75) is 12.5 Å². The maximum atomic E-state index is 12.9. The fourth-order valence-electron chi connectivity index (χ4n) is 1.27. The van der Waals surface area contributed by atoms with Crippen LogP contribution in [0.4, 0.5) is 4.39 Å². The van der Waals surface area contributed by atoms with Gasteiger partial charge < -0.3 is 16.2 Å². The molecule has 2 amide bonds. The highest BCUT2D eigenvalue weighted by Crippen LogP contribution is 2.04. The minimum Gasteiger partial charge on any atom is -0.480 e. The Bertz CT molecular complexity index is 490. The number of hydrogen-bond donors (Lipinski definition) is 3. The number of nitrogens with two attached hydrogens (primary N) is 1. The number of halogens is 1.